The highest BCUT2D eigenvalue weighted by molar-refractivity contribution is 6.33. The largest absolute Gasteiger partial charge is 0.480 e. The van der Waals surface area contributed by atoms with Gasteiger partial charge in [-0.05, 0) is 19.1 Å². The number of hydrogen-bond acceptors (Lipinski definition) is 7. The van der Waals surface area contributed by atoms with Gasteiger partial charge in [-0.3, -0.25) is 9.48 Å². The fourth-order valence-electron chi connectivity index (χ4n) is 3.12. The lowest BCUT2D eigenvalue weighted by atomic mass is 10.1. The summed E-state index contributed by atoms with van der Waals surface area (Å²) in [4.78, 5) is 33.5. The van der Waals surface area contributed by atoms with Gasteiger partial charge in [-0.15, -0.1) is 0 Å². The zero-order valence-corrected chi connectivity index (χ0v) is 16.6. The van der Waals surface area contributed by atoms with E-state index in [1.807, 2.05) is 0 Å². The van der Waals surface area contributed by atoms with Crippen LogP contribution >= 0.6 is 11.6 Å². The molecule has 1 unspecified atom stereocenters. The highest BCUT2D eigenvalue weighted by Gasteiger charge is 2.29. The van der Waals surface area contributed by atoms with Gasteiger partial charge in [-0.1, -0.05) is 17.7 Å². The number of anilines is 2. The summed E-state index contributed by atoms with van der Waals surface area (Å²) in [5.41, 5.74) is 7.85. The summed E-state index contributed by atoms with van der Waals surface area (Å²) in [6.07, 6.45) is 4.40. The van der Waals surface area contributed by atoms with Crippen molar-refractivity contribution in [1.29, 1.82) is 0 Å². The number of carboxylic acids is 1. The predicted molar refractivity (Wildman–Crippen MR) is 109 cm³/mol. The second kappa shape index (κ2) is 7.64. The number of carbonyl (C=O) groups excluding carboxylic acids is 1. The number of ether oxygens (including phenoxy) is 1. The number of aromatic nitrogens is 4. The van der Waals surface area contributed by atoms with Gasteiger partial charge in [0.15, 0.2) is 0 Å². The zero-order chi connectivity index (χ0) is 21.4. The monoisotopic (exact) mass is 428 g/mol. The van der Waals surface area contributed by atoms with Crippen LogP contribution in [0.25, 0.3) is 11.1 Å². The van der Waals surface area contributed by atoms with Crippen LogP contribution in [0.15, 0.2) is 36.9 Å². The maximum Gasteiger partial charge on any atom is 0.328 e. The van der Waals surface area contributed by atoms with Crippen molar-refractivity contribution in [2.45, 2.75) is 13.0 Å². The molecule has 11 heteroatoms. The first-order valence-electron chi connectivity index (χ1n) is 8.99. The van der Waals surface area contributed by atoms with Gasteiger partial charge in [-0.2, -0.15) is 5.10 Å². The number of fused-ring (bicyclic) bond motifs is 1. The Bertz CT molecular complexity index is 1150. The summed E-state index contributed by atoms with van der Waals surface area (Å²) in [5.74, 6) is -1.18. The number of carboxylic acid groups (broad SMARTS) is 1. The number of rotatable bonds is 4. The Kier molecular flexibility index (Phi) is 5.00. The van der Waals surface area contributed by atoms with E-state index < -0.39 is 12.0 Å². The Balaban J connectivity index is 1.66. The maximum atomic E-state index is 13.0. The Morgan fingerprint density at radius 3 is 2.90 bits per heavy atom. The number of nitrogens with zero attached hydrogens (tertiary/aromatic N) is 5. The van der Waals surface area contributed by atoms with Gasteiger partial charge in [0.25, 0.3) is 5.91 Å². The van der Waals surface area contributed by atoms with Crippen molar-refractivity contribution in [3.8, 4) is 17.0 Å². The average molecular weight is 429 g/mol. The third-order valence-corrected chi connectivity index (χ3v) is 5.10. The molecule has 0 saturated carbocycles. The van der Waals surface area contributed by atoms with Crippen LogP contribution in [0.5, 0.6) is 5.88 Å². The van der Waals surface area contributed by atoms with Crippen LogP contribution in [-0.2, 0) is 4.79 Å². The molecule has 10 nitrogen and oxygen atoms in total. The van der Waals surface area contributed by atoms with E-state index in [1.165, 1.54) is 22.8 Å². The highest BCUT2D eigenvalue weighted by atomic mass is 35.5. The van der Waals surface area contributed by atoms with E-state index in [9.17, 15) is 9.59 Å². The minimum absolute atomic E-state index is 0.0413. The zero-order valence-electron chi connectivity index (χ0n) is 15.8. The summed E-state index contributed by atoms with van der Waals surface area (Å²) in [5, 5.41) is 13.6. The van der Waals surface area contributed by atoms with Gasteiger partial charge in [0.1, 0.15) is 30.4 Å². The van der Waals surface area contributed by atoms with Crippen molar-refractivity contribution >= 4 is 35.0 Å². The normalized spacial score (nSPS) is 14.6. The molecule has 3 aromatic rings. The molecule has 1 aliphatic rings. The summed E-state index contributed by atoms with van der Waals surface area (Å²) < 4.78 is 6.88. The molecule has 154 valence electrons. The number of benzene rings is 1. The molecule has 0 fully saturated rings. The van der Waals surface area contributed by atoms with Crippen LogP contribution in [0.1, 0.15) is 23.3 Å². The highest BCUT2D eigenvalue weighted by Crippen LogP contribution is 2.34. The predicted octanol–water partition coefficient (Wildman–Crippen LogP) is 2.26. The molecule has 3 heterocycles. The van der Waals surface area contributed by atoms with E-state index in [0.29, 0.717) is 21.8 Å². The molecule has 1 atom stereocenters. The van der Waals surface area contributed by atoms with Crippen LogP contribution in [-0.4, -0.2) is 49.9 Å². The Labute approximate surface area is 175 Å². The van der Waals surface area contributed by atoms with Crippen LogP contribution in [0.3, 0.4) is 0 Å². The molecule has 0 spiro atoms. The molecule has 3 N–H and O–H groups in total. The number of nitrogens with two attached hydrogens (primary N) is 1. The third kappa shape index (κ3) is 3.41. The van der Waals surface area contributed by atoms with Crippen LogP contribution < -0.4 is 15.4 Å². The van der Waals surface area contributed by atoms with Crippen molar-refractivity contribution in [1.82, 2.24) is 19.7 Å². The molecule has 30 heavy (non-hydrogen) atoms. The van der Waals surface area contributed by atoms with Crippen molar-refractivity contribution in [3.63, 3.8) is 0 Å². The van der Waals surface area contributed by atoms with Gasteiger partial charge in [0.2, 0.25) is 5.88 Å². The average Bonchev–Trinajstić information content (AvgIpc) is 3.13. The van der Waals surface area contributed by atoms with Gasteiger partial charge >= 0.3 is 5.97 Å². The van der Waals surface area contributed by atoms with E-state index in [2.05, 4.69) is 15.1 Å². The van der Waals surface area contributed by atoms with E-state index in [-0.39, 0.29) is 36.3 Å². The fourth-order valence-corrected chi connectivity index (χ4v) is 3.40. The van der Waals surface area contributed by atoms with E-state index in [0.717, 1.165) is 0 Å². The fraction of sp³-hybridized carbons (Fsp3) is 0.211. The Morgan fingerprint density at radius 1 is 1.37 bits per heavy atom. The first-order valence-corrected chi connectivity index (χ1v) is 9.36. The molecule has 0 aliphatic carbocycles. The maximum absolute atomic E-state index is 13.0. The van der Waals surface area contributed by atoms with E-state index >= 15 is 0 Å². The number of nitrogen functional groups attached to an aromatic ring is 1. The van der Waals surface area contributed by atoms with Crippen molar-refractivity contribution < 1.29 is 19.4 Å². The molecule has 0 bridgehead atoms. The lowest BCUT2D eigenvalue weighted by molar-refractivity contribution is -0.140. The van der Waals surface area contributed by atoms with Crippen LogP contribution in [0.4, 0.5) is 11.5 Å². The topological polar surface area (TPSA) is 136 Å². The molecule has 1 aliphatic heterocycles. The van der Waals surface area contributed by atoms with Gasteiger partial charge in [0.05, 0.1) is 17.8 Å². The summed E-state index contributed by atoms with van der Waals surface area (Å²) in [7, 11) is 0. The molecule has 4 rings (SSSR count). The van der Waals surface area contributed by atoms with Crippen molar-refractivity contribution in [2.75, 3.05) is 23.8 Å². The number of amides is 1. The van der Waals surface area contributed by atoms with Crippen LogP contribution in [0.2, 0.25) is 5.02 Å². The molecule has 2 aromatic heterocycles. The van der Waals surface area contributed by atoms with Crippen molar-refractivity contribution in [3.05, 3.63) is 47.5 Å². The molecule has 1 amide bonds. The van der Waals surface area contributed by atoms with Gasteiger partial charge < -0.3 is 20.5 Å². The lowest BCUT2D eigenvalue weighted by Gasteiger charge is -2.21. The number of hydrogen-bond donors (Lipinski definition) is 2. The first kappa shape index (κ1) is 19.6. The number of carbonyl (C=O) groups is 2. The van der Waals surface area contributed by atoms with E-state index in [4.69, 9.17) is 27.2 Å². The summed E-state index contributed by atoms with van der Waals surface area (Å²) >= 11 is 6.48. The second-order valence-corrected chi connectivity index (χ2v) is 7.04. The second-order valence-electron chi connectivity index (χ2n) is 6.63. The summed E-state index contributed by atoms with van der Waals surface area (Å²) in [6.45, 7) is 2.04. The standard InChI is InChI=1S/C19H17ClN6O4/c1-10(19(28)29)26-8-11(7-24-26)13-3-2-12(6-14(13)20)25-4-5-30-17-15(18(25)27)16(21)22-9-23-17/h2-3,6-10H,4-5H2,1H3,(H,28,29)(H2,21,22,23). The Morgan fingerprint density at radius 2 is 2.17 bits per heavy atom. The summed E-state index contributed by atoms with van der Waals surface area (Å²) in [6, 6.07) is 4.33. The quantitative estimate of drug-likeness (QED) is 0.645. The first-order chi connectivity index (χ1) is 14.4. The molecular weight excluding hydrogens is 412 g/mol. The third-order valence-electron chi connectivity index (χ3n) is 4.79. The molecular formula is C19H17ClN6O4. The molecule has 1 aromatic carbocycles. The van der Waals surface area contributed by atoms with Crippen LogP contribution in [0, 0.1) is 0 Å². The van der Waals surface area contributed by atoms with Gasteiger partial charge in [-0.25, -0.2) is 14.8 Å². The SMILES string of the molecule is CC(C(=O)O)n1cc(-c2ccc(N3CCOc4ncnc(N)c4C3=O)cc2Cl)cn1. The van der Waals surface area contributed by atoms with E-state index in [1.54, 1.807) is 30.6 Å². The number of aliphatic carboxylic acids is 1. The molecule has 0 radical (unpaired) electrons. The van der Waals surface area contributed by atoms with Crippen molar-refractivity contribution in [2.24, 2.45) is 0 Å². The molecule has 0 saturated heterocycles. The van der Waals surface area contributed by atoms with Gasteiger partial charge in [0, 0.05) is 23.0 Å². The minimum Gasteiger partial charge on any atom is -0.480 e. The lowest BCUT2D eigenvalue weighted by Crippen LogP contribution is -2.32. The Hall–Kier alpha value is -3.66. The smallest absolute Gasteiger partial charge is 0.328 e. The number of halogens is 1. The minimum atomic E-state index is -0.989.